The molecule has 0 bridgehead atoms. The van der Waals surface area contributed by atoms with Crippen LogP contribution in [0.2, 0.25) is 0 Å². The summed E-state index contributed by atoms with van der Waals surface area (Å²) in [6.45, 7) is 3.74. The smallest absolute Gasteiger partial charge is 0.344 e. The van der Waals surface area contributed by atoms with E-state index >= 15 is 0 Å². The van der Waals surface area contributed by atoms with Gasteiger partial charge in [-0.3, -0.25) is 4.79 Å². The number of halogens is 2. The van der Waals surface area contributed by atoms with Crippen LogP contribution in [0.5, 0.6) is 5.75 Å². The maximum absolute atomic E-state index is 13.5. The van der Waals surface area contributed by atoms with Gasteiger partial charge in [0.15, 0.2) is 11.9 Å². The van der Waals surface area contributed by atoms with Gasteiger partial charge in [0, 0.05) is 23.1 Å². The van der Waals surface area contributed by atoms with Crippen LogP contribution in [0.25, 0.3) is 11.0 Å². The zero-order chi connectivity index (χ0) is 22.0. The predicted octanol–water partition coefficient (Wildman–Crippen LogP) is 5.97. The molecule has 1 aromatic heterocycles. The summed E-state index contributed by atoms with van der Waals surface area (Å²) in [5.74, 6) is -0.312. The molecule has 3 rings (SSSR count). The molecule has 0 saturated heterocycles. The topological polar surface area (TPSA) is 103 Å². The van der Waals surface area contributed by atoms with Crippen LogP contribution in [-0.2, 0) is 11.2 Å². The molecule has 8 heteroatoms. The highest BCUT2D eigenvalue weighted by Gasteiger charge is 2.25. The van der Waals surface area contributed by atoms with Crippen LogP contribution in [-0.4, -0.2) is 23.0 Å². The first-order chi connectivity index (χ1) is 14.3. The van der Waals surface area contributed by atoms with E-state index in [1.807, 2.05) is 6.92 Å². The summed E-state index contributed by atoms with van der Waals surface area (Å²) in [5.41, 5.74) is 7.99. The second kappa shape index (κ2) is 9.22. The van der Waals surface area contributed by atoms with Gasteiger partial charge in [-0.2, -0.15) is 0 Å². The molecule has 2 aromatic carbocycles. The second-order valence-corrected chi connectivity index (χ2v) is 8.57. The van der Waals surface area contributed by atoms with E-state index in [2.05, 4.69) is 31.9 Å². The highest BCUT2D eigenvalue weighted by atomic mass is 79.9. The minimum Gasteiger partial charge on any atom is -0.479 e. The van der Waals surface area contributed by atoms with Crippen molar-refractivity contribution in [2.24, 2.45) is 0 Å². The Kier molecular flexibility index (Phi) is 6.88. The first-order valence-electron chi connectivity index (χ1n) is 9.50. The van der Waals surface area contributed by atoms with Crippen molar-refractivity contribution in [1.29, 1.82) is 0 Å². The van der Waals surface area contributed by atoms with Gasteiger partial charge in [0.1, 0.15) is 17.1 Å². The molecule has 0 aliphatic heterocycles. The number of nitrogens with two attached hydrogens (primary N) is 1. The molecule has 0 saturated carbocycles. The number of carbonyl (C=O) groups is 2. The third kappa shape index (κ3) is 4.39. The van der Waals surface area contributed by atoms with Gasteiger partial charge in [-0.25, -0.2) is 4.79 Å². The number of carboxylic acid groups (broad SMARTS) is 1. The Hall–Kier alpha value is -2.32. The van der Waals surface area contributed by atoms with Crippen molar-refractivity contribution in [2.75, 3.05) is 5.73 Å². The van der Waals surface area contributed by atoms with E-state index in [9.17, 15) is 14.7 Å². The molecule has 6 nitrogen and oxygen atoms in total. The molecule has 3 aromatic rings. The van der Waals surface area contributed by atoms with Crippen molar-refractivity contribution in [3.63, 3.8) is 0 Å². The summed E-state index contributed by atoms with van der Waals surface area (Å²) < 4.78 is 12.5. The Bertz CT molecular complexity index is 1100. The summed E-state index contributed by atoms with van der Waals surface area (Å²) in [5, 5.41) is 9.93. The molecule has 1 atom stereocenters. The molecule has 3 N–H and O–H groups in total. The number of ether oxygens (including phenoxy) is 1. The Balaban J connectivity index is 2.07. The van der Waals surface area contributed by atoms with Crippen molar-refractivity contribution < 1.29 is 23.8 Å². The molecule has 0 amide bonds. The lowest BCUT2D eigenvalue weighted by Crippen LogP contribution is -2.26. The number of furan rings is 1. The van der Waals surface area contributed by atoms with E-state index < -0.39 is 12.1 Å². The number of nitrogen functional groups attached to an aromatic ring is 1. The fraction of sp³-hybridized carbons (Fsp3) is 0.273. The molecule has 0 fully saturated rings. The van der Waals surface area contributed by atoms with Gasteiger partial charge >= 0.3 is 5.97 Å². The molecule has 1 heterocycles. The fourth-order valence-corrected chi connectivity index (χ4v) is 4.59. The van der Waals surface area contributed by atoms with E-state index in [0.29, 0.717) is 61.1 Å². The van der Waals surface area contributed by atoms with Crippen LogP contribution in [0.15, 0.2) is 43.7 Å². The standard InChI is InChI=1S/C22H21Br2NO5/c1-3-5-18-19(13-10-12(25)6-7-17(13)29-18)20(26)11-8-14(23)21(15(24)9-11)30-16(4-2)22(27)28/h6-10,16H,3-5,25H2,1-2H3,(H,27,28). The van der Waals surface area contributed by atoms with Crippen LogP contribution in [0, 0.1) is 0 Å². The fourth-order valence-electron chi connectivity index (χ4n) is 3.22. The normalized spacial score (nSPS) is 12.1. The van der Waals surface area contributed by atoms with E-state index in [4.69, 9.17) is 14.9 Å². The SMILES string of the molecule is CCCc1oc2ccc(N)cc2c1C(=O)c1cc(Br)c(OC(CC)C(=O)O)c(Br)c1. The van der Waals surface area contributed by atoms with Crippen LogP contribution in [0.1, 0.15) is 48.4 Å². The van der Waals surface area contributed by atoms with E-state index in [-0.39, 0.29) is 5.78 Å². The molecule has 1 unspecified atom stereocenters. The lowest BCUT2D eigenvalue weighted by molar-refractivity contribution is -0.145. The summed E-state index contributed by atoms with van der Waals surface area (Å²) in [4.78, 5) is 24.8. The molecule has 0 radical (unpaired) electrons. The largest absolute Gasteiger partial charge is 0.479 e. The minimum absolute atomic E-state index is 0.207. The van der Waals surface area contributed by atoms with Crippen LogP contribution < -0.4 is 10.5 Å². The van der Waals surface area contributed by atoms with E-state index in [0.717, 1.165) is 6.42 Å². The Morgan fingerprint density at radius 1 is 1.17 bits per heavy atom. The van der Waals surface area contributed by atoms with Crippen molar-refractivity contribution >= 4 is 60.3 Å². The second-order valence-electron chi connectivity index (χ2n) is 6.86. The molecular weight excluding hydrogens is 518 g/mol. The maximum atomic E-state index is 13.5. The number of hydrogen-bond acceptors (Lipinski definition) is 5. The van der Waals surface area contributed by atoms with Gasteiger partial charge in [-0.15, -0.1) is 0 Å². The van der Waals surface area contributed by atoms with Gasteiger partial charge in [-0.05, 0) is 75.0 Å². The highest BCUT2D eigenvalue weighted by molar-refractivity contribution is 9.11. The summed E-state index contributed by atoms with van der Waals surface area (Å²) in [6, 6.07) is 8.49. The summed E-state index contributed by atoms with van der Waals surface area (Å²) in [7, 11) is 0. The zero-order valence-electron chi connectivity index (χ0n) is 16.5. The predicted molar refractivity (Wildman–Crippen MR) is 122 cm³/mol. The number of aryl methyl sites for hydroxylation is 1. The molecule has 0 spiro atoms. The van der Waals surface area contributed by atoms with Crippen molar-refractivity contribution in [1.82, 2.24) is 0 Å². The lowest BCUT2D eigenvalue weighted by atomic mass is 9.98. The number of aliphatic carboxylic acids is 1. The maximum Gasteiger partial charge on any atom is 0.344 e. The Labute approximate surface area is 190 Å². The average molecular weight is 539 g/mol. The zero-order valence-corrected chi connectivity index (χ0v) is 19.7. The van der Waals surface area contributed by atoms with Crippen molar-refractivity contribution in [3.8, 4) is 5.75 Å². The van der Waals surface area contributed by atoms with Crippen molar-refractivity contribution in [3.05, 3.63) is 56.2 Å². The number of rotatable bonds is 8. The first kappa shape index (κ1) is 22.4. The molecule has 158 valence electrons. The Morgan fingerprint density at radius 3 is 2.40 bits per heavy atom. The number of ketones is 1. The van der Waals surface area contributed by atoms with Crippen LogP contribution in [0.3, 0.4) is 0 Å². The number of hydrogen-bond donors (Lipinski definition) is 2. The molecule has 0 aliphatic rings. The number of fused-ring (bicyclic) bond motifs is 1. The number of carbonyl (C=O) groups excluding carboxylic acids is 1. The first-order valence-corrected chi connectivity index (χ1v) is 11.1. The monoisotopic (exact) mass is 537 g/mol. The average Bonchev–Trinajstić information content (AvgIpc) is 3.03. The van der Waals surface area contributed by atoms with E-state index in [1.165, 1.54) is 0 Å². The van der Waals surface area contributed by atoms with Crippen molar-refractivity contribution in [2.45, 2.75) is 39.2 Å². The molecule has 30 heavy (non-hydrogen) atoms. The minimum atomic E-state index is -1.05. The van der Waals surface area contributed by atoms with Crippen LogP contribution >= 0.6 is 31.9 Å². The molecular formula is C22H21Br2NO5. The summed E-state index contributed by atoms with van der Waals surface area (Å²) >= 11 is 6.81. The summed E-state index contributed by atoms with van der Waals surface area (Å²) in [6.07, 6.45) is 0.757. The third-order valence-electron chi connectivity index (χ3n) is 4.66. The van der Waals surface area contributed by atoms with Gasteiger partial charge in [-0.1, -0.05) is 13.8 Å². The quantitative estimate of drug-likeness (QED) is 0.271. The highest BCUT2D eigenvalue weighted by Crippen LogP contribution is 2.38. The third-order valence-corrected chi connectivity index (χ3v) is 5.83. The Morgan fingerprint density at radius 2 is 1.83 bits per heavy atom. The van der Waals surface area contributed by atoms with Gasteiger partial charge in [0.25, 0.3) is 0 Å². The van der Waals surface area contributed by atoms with Gasteiger partial charge in [0.2, 0.25) is 0 Å². The van der Waals surface area contributed by atoms with Gasteiger partial charge in [0.05, 0.1) is 14.5 Å². The van der Waals surface area contributed by atoms with E-state index in [1.54, 1.807) is 37.3 Å². The molecule has 0 aliphatic carbocycles. The number of carboxylic acids is 1. The lowest BCUT2D eigenvalue weighted by Gasteiger charge is -2.16. The van der Waals surface area contributed by atoms with Gasteiger partial charge < -0.3 is 20.0 Å². The number of benzene rings is 2. The number of anilines is 1. The van der Waals surface area contributed by atoms with Crippen LogP contribution in [0.4, 0.5) is 5.69 Å².